The maximum absolute atomic E-state index is 12.9. The average molecular weight is 210 g/mol. The van der Waals surface area contributed by atoms with Crippen LogP contribution >= 0.6 is 0 Å². The molecule has 3 nitrogen and oxygen atoms in total. The highest BCUT2D eigenvalue weighted by Gasteiger charge is 2.12. The van der Waals surface area contributed by atoms with Gasteiger partial charge in [-0.05, 0) is 24.6 Å². The van der Waals surface area contributed by atoms with Crippen molar-refractivity contribution in [2.75, 3.05) is 11.1 Å². The predicted octanol–water partition coefficient (Wildman–Crippen LogP) is 2.39. The van der Waals surface area contributed by atoms with E-state index in [1.54, 1.807) is 0 Å². The van der Waals surface area contributed by atoms with E-state index in [-0.39, 0.29) is 11.8 Å². The van der Waals surface area contributed by atoms with Crippen LogP contribution in [0.5, 0.6) is 0 Å². The fraction of sp³-hybridized carbons (Fsp3) is 0.364. The van der Waals surface area contributed by atoms with Gasteiger partial charge >= 0.3 is 0 Å². The van der Waals surface area contributed by atoms with Gasteiger partial charge in [0, 0.05) is 5.92 Å². The van der Waals surface area contributed by atoms with Gasteiger partial charge in [0.2, 0.25) is 5.91 Å². The quantitative estimate of drug-likeness (QED) is 0.752. The predicted molar refractivity (Wildman–Crippen MR) is 58.9 cm³/mol. The van der Waals surface area contributed by atoms with Gasteiger partial charge in [0.1, 0.15) is 5.82 Å². The van der Waals surface area contributed by atoms with Crippen LogP contribution in [-0.2, 0) is 4.79 Å². The normalized spacial score (nSPS) is 12.2. The molecule has 1 unspecified atom stereocenters. The number of hydrogen-bond acceptors (Lipinski definition) is 2. The third kappa shape index (κ3) is 2.94. The zero-order valence-corrected chi connectivity index (χ0v) is 8.88. The van der Waals surface area contributed by atoms with Crippen LogP contribution in [0.4, 0.5) is 15.8 Å². The molecular weight excluding hydrogens is 195 g/mol. The molecule has 0 saturated heterocycles. The number of nitrogens with two attached hydrogens (primary N) is 1. The highest BCUT2D eigenvalue weighted by molar-refractivity contribution is 5.95. The van der Waals surface area contributed by atoms with Gasteiger partial charge < -0.3 is 11.1 Å². The van der Waals surface area contributed by atoms with Crippen LogP contribution in [0.2, 0.25) is 0 Å². The van der Waals surface area contributed by atoms with E-state index in [4.69, 9.17) is 5.73 Å². The average Bonchev–Trinajstić information content (AvgIpc) is 2.22. The Bertz CT molecular complexity index is 366. The molecule has 1 atom stereocenters. The molecule has 0 fully saturated rings. The zero-order chi connectivity index (χ0) is 11.4. The summed E-state index contributed by atoms with van der Waals surface area (Å²) in [5.41, 5.74) is 6.30. The third-order valence-corrected chi connectivity index (χ3v) is 2.33. The number of rotatable bonds is 3. The smallest absolute Gasteiger partial charge is 0.227 e. The van der Waals surface area contributed by atoms with Crippen molar-refractivity contribution in [3.8, 4) is 0 Å². The molecule has 3 N–H and O–H groups in total. The Labute approximate surface area is 88.5 Å². The van der Waals surface area contributed by atoms with Crippen LogP contribution in [0.3, 0.4) is 0 Å². The van der Waals surface area contributed by atoms with Crippen LogP contribution in [0.15, 0.2) is 18.2 Å². The lowest BCUT2D eigenvalue weighted by Gasteiger charge is -2.11. The van der Waals surface area contributed by atoms with Crippen LogP contribution in [-0.4, -0.2) is 5.91 Å². The zero-order valence-electron chi connectivity index (χ0n) is 8.88. The van der Waals surface area contributed by atoms with Crippen molar-refractivity contribution >= 4 is 17.3 Å². The minimum atomic E-state index is -0.413. The summed E-state index contributed by atoms with van der Waals surface area (Å²) >= 11 is 0. The summed E-state index contributed by atoms with van der Waals surface area (Å²) in [6, 6.07) is 3.91. The van der Waals surface area contributed by atoms with Gasteiger partial charge in [-0.2, -0.15) is 0 Å². The van der Waals surface area contributed by atoms with Crippen molar-refractivity contribution in [3.63, 3.8) is 0 Å². The van der Waals surface area contributed by atoms with Gasteiger partial charge in [0.15, 0.2) is 0 Å². The molecule has 0 aromatic heterocycles. The number of halogens is 1. The Morgan fingerprint density at radius 2 is 2.27 bits per heavy atom. The minimum Gasteiger partial charge on any atom is -0.397 e. The van der Waals surface area contributed by atoms with E-state index in [0.29, 0.717) is 11.4 Å². The first-order valence-corrected chi connectivity index (χ1v) is 4.90. The first kappa shape index (κ1) is 11.5. The van der Waals surface area contributed by atoms with E-state index in [0.717, 1.165) is 6.42 Å². The third-order valence-electron chi connectivity index (χ3n) is 2.33. The van der Waals surface area contributed by atoms with E-state index >= 15 is 0 Å². The monoisotopic (exact) mass is 210 g/mol. The van der Waals surface area contributed by atoms with E-state index < -0.39 is 5.82 Å². The molecule has 0 heterocycles. The molecule has 0 saturated carbocycles. The van der Waals surface area contributed by atoms with Crippen molar-refractivity contribution in [1.82, 2.24) is 0 Å². The molecule has 1 amide bonds. The first-order valence-electron chi connectivity index (χ1n) is 4.90. The van der Waals surface area contributed by atoms with Crippen LogP contribution < -0.4 is 11.1 Å². The summed E-state index contributed by atoms with van der Waals surface area (Å²) in [6.45, 7) is 3.73. The molecule has 0 spiro atoms. The van der Waals surface area contributed by atoms with Gasteiger partial charge in [0.25, 0.3) is 0 Å². The summed E-state index contributed by atoms with van der Waals surface area (Å²) in [5.74, 6) is -0.661. The SMILES string of the molecule is CCC(C)C(=O)Nc1cc(F)ccc1N. The van der Waals surface area contributed by atoms with Crippen LogP contribution in [0.1, 0.15) is 20.3 Å². The minimum absolute atomic E-state index is 0.104. The van der Waals surface area contributed by atoms with Crippen LogP contribution in [0, 0.1) is 11.7 Å². The number of benzene rings is 1. The van der Waals surface area contributed by atoms with Crippen molar-refractivity contribution < 1.29 is 9.18 Å². The van der Waals surface area contributed by atoms with Crippen molar-refractivity contribution in [3.05, 3.63) is 24.0 Å². The second-order valence-electron chi connectivity index (χ2n) is 3.53. The number of nitrogen functional groups attached to an aromatic ring is 1. The number of carbonyl (C=O) groups excluding carboxylic acids is 1. The van der Waals surface area contributed by atoms with E-state index in [2.05, 4.69) is 5.32 Å². The Morgan fingerprint density at radius 1 is 1.60 bits per heavy atom. The highest BCUT2D eigenvalue weighted by Crippen LogP contribution is 2.20. The summed E-state index contributed by atoms with van der Waals surface area (Å²) in [5, 5.41) is 2.60. The summed E-state index contributed by atoms with van der Waals surface area (Å²) in [4.78, 5) is 11.5. The Hall–Kier alpha value is -1.58. The summed E-state index contributed by atoms with van der Waals surface area (Å²) in [7, 11) is 0. The van der Waals surface area contributed by atoms with Crippen LogP contribution in [0.25, 0.3) is 0 Å². The molecule has 0 aliphatic rings. The Balaban J connectivity index is 2.80. The first-order chi connectivity index (χ1) is 7.04. The molecule has 4 heteroatoms. The highest BCUT2D eigenvalue weighted by atomic mass is 19.1. The molecule has 0 aliphatic heterocycles. The molecule has 0 bridgehead atoms. The van der Waals surface area contributed by atoms with E-state index in [1.165, 1.54) is 18.2 Å². The van der Waals surface area contributed by atoms with E-state index in [1.807, 2.05) is 13.8 Å². The fourth-order valence-corrected chi connectivity index (χ4v) is 1.08. The number of hydrogen-bond donors (Lipinski definition) is 2. The topological polar surface area (TPSA) is 55.1 Å². The molecule has 1 aromatic rings. The summed E-state index contributed by atoms with van der Waals surface area (Å²) in [6.07, 6.45) is 0.737. The fourth-order valence-electron chi connectivity index (χ4n) is 1.08. The van der Waals surface area contributed by atoms with Gasteiger partial charge in [0.05, 0.1) is 11.4 Å². The van der Waals surface area contributed by atoms with Crippen molar-refractivity contribution in [2.24, 2.45) is 5.92 Å². The van der Waals surface area contributed by atoms with Crippen molar-refractivity contribution in [2.45, 2.75) is 20.3 Å². The molecule has 0 radical (unpaired) electrons. The molecular formula is C11H15FN2O. The lowest BCUT2D eigenvalue weighted by atomic mass is 10.1. The largest absolute Gasteiger partial charge is 0.397 e. The van der Waals surface area contributed by atoms with Gasteiger partial charge in [-0.25, -0.2) is 4.39 Å². The molecule has 1 rings (SSSR count). The number of anilines is 2. The second-order valence-corrected chi connectivity index (χ2v) is 3.53. The molecule has 15 heavy (non-hydrogen) atoms. The van der Waals surface area contributed by atoms with Gasteiger partial charge in [-0.15, -0.1) is 0 Å². The summed E-state index contributed by atoms with van der Waals surface area (Å²) < 4.78 is 12.9. The maximum Gasteiger partial charge on any atom is 0.227 e. The standard InChI is InChI=1S/C11H15FN2O/c1-3-7(2)11(15)14-10-6-8(12)4-5-9(10)13/h4-7H,3,13H2,1-2H3,(H,14,15). The second kappa shape index (κ2) is 4.77. The molecule has 82 valence electrons. The lowest BCUT2D eigenvalue weighted by Crippen LogP contribution is -2.20. The van der Waals surface area contributed by atoms with Crippen molar-refractivity contribution in [1.29, 1.82) is 0 Å². The Morgan fingerprint density at radius 3 is 2.87 bits per heavy atom. The number of carbonyl (C=O) groups is 1. The number of nitrogens with one attached hydrogen (secondary N) is 1. The van der Waals surface area contributed by atoms with Gasteiger partial charge in [-0.1, -0.05) is 13.8 Å². The molecule has 0 aliphatic carbocycles. The van der Waals surface area contributed by atoms with Gasteiger partial charge in [-0.3, -0.25) is 4.79 Å². The maximum atomic E-state index is 12.9. The molecule has 1 aromatic carbocycles. The number of amides is 1. The lowest BCUT2D eigenvalue weighted by molar-refractivity contribution is -0.119. The Kier molecular flexibility index (Phi) is 3.66. The van der Waals surface area contributed by atoms with E-state index in [9.17, 15) is 9.18 Å².